The third kappa shape index (κ3) is 6.91. The average molecular weight is 466 g/mol. The maximum Gasteiger partial charge on any atom is 0.257 e. The highest BCUT2D eigenvalue weighted by atomic mass is 79.9. The first kappa shape index (κ1) is 21.8. The molecule has 0 saturated heterocycles. The van der Waals surface area contributed by atoms with E-state index < -0.39 is 0 Å². The number of ether oxygens (including phenoxy) is 2. The molecule has 0 aliphatic rings. The van der Waals surface area contributed by atoms with Crippen LogP contribution in [0.3, 0.4) is 0 Å². The predicted molar refractivity (Wildman–Crippen MR) is 116 cm³/mol. The summed E-state index contributed by atoms with van der Waals surface area (Å²) in [6.45, 7) is 2.31. The third-order valence-corrected chi connectivity index (χ3v) is 4.23. The van der Waals surface area contributed by atoms with Gasteiger partial charge in [-0.15, -0.1) is 0 Å². The number of benzene rings is 2. The van der Waals surface area contributed by atoms with Gasteiger partial charge in [0.1, 0.15) is 12.4 Å². The molecule has 2 aromatic carbocycles. The van der Waals surface area contributed by atoms with Crippen molar-refractivity contribution in [2.75, 3.05) is 31.0 Å². The van der Waals surface area contributed by atoms with E-state index in [1.54, 1.807) is 49.6 Å². The number of thiocarbonyl (C=S) groups is 1. The van der Waals surface area contributed by atoms with Crippen molar-refractivity contribution < 1.29 is 19.1 Å². The van der Waals surface area contributed by atoms with Gasteiger partial charge in [0, 0.05) is 31.0 Å². The number of amides is 2. The highest BCUT2D eigenvalue weighted by molar-refractivity contribution is 9.10. The maximum absolute atomic E-state index is 12.4. The van der Waals surface area contributed by atoms with Crippen LogP contribution in [0.5, 0.6) is 5.75 Å². The molecule has 0 aromatic heterocycles. The predicted octanol–water partition coefficient (Wildman–Crippen LogP) is 3.56. The van der Waals surface area contributed by atoms with E-state index in [4.69, 9.17) is 21.7 Å². The minimum Gasteiger partial charge on any atom is -0.490 e. The summed E-state index contributed by atoms with van der Waals surface area (Å²) in [4.78, 5) is 23.5. The Morgan fingerprint density at radius 1 is 1.07 bits per heavy atom. The second kappa shape index (κ2) is 10.7. The molecule has 0 aliphatic carbocycles. The number of carbonyl (C=O) groups excluding carboxylic acids is 2. The van der Waals surface area contributed by atoms with Crippen LogP contribution < -0.4 is 20.7 Å². The number of halogens is 1. The third-order valence-electron chi connectivity index (χ3n) is 3.41. The number of methoxy groups -OCH3 is 1. The van der Waals surface area contributed by atoms with Gasteiger partial charge in [-0.05, 0) is 64.5 Å². The fourth-order valence-electron chi connectivity index (χ4n) is 2.21. The molecule has 0 bridgehead atoms. The van der Waals surface area contributed by atoms with Crippen molar-refractivity contribution in [2.45, 2.75) is 6.92 Å². The molecule has 0 radical (unpaired) electrons. The van der Waals surface area contributed by atoms with Crippen molar-refractivity contribution in [3.8, 4) is 5.75 Å². The lowest BCUT2D eigenvalue weighted by atomic mass is 10.2. The second-order valence-corrected chi connectivity index (χ2v) is 6.92. The molecule has 0 unspecified atom stereocenters. The first-order valence-corrected chi connectivity index (χ1v) is 9.50. The molecular weight excluding hydrogens is 446 g/mol. The number of hydrogen-bond acceptors (Lipinski definition) is 5. The van der Waals surface area contributed by atoms with E-state index in [1.807, 2.05) is 0 Å². The van der Waals surface area contributed by atoms with Crippen LogP contribution in [0.2, 0.25) is 0 Å². The van der Waals surface area contributed by atoms with E-state index in [0.717, 1.165) is 0 Å². The Morgan fingerprint density at radius 3 is 2.43 bits per heavy atom. The van der Waals surface area contributed by atoms with Crippen LogP contribution in [0.1, 0.15) is 17.3 Å². The molecule has 0 saturated carbocycles. The van der Waals surface area contributed by atoms with E-state index in [9.17, 15) is 9.59 Å². The zero-order valence-corrected chi connectivity index (χ0v) is 17.8. The number of hydrogen-bond donors (Lipinski definition) is 3. The lowest BCUT2D eigenvalue weighted by Gasteiger charge is -2.12. The average Bonchev–Trinajstić information content (AvgIpc) is 2.62. The minimum absolute atomic E-state index is 0.140. The van der Waals surface area contributed by atoms with Crippen molar-refractivity contribution in [3.05, 3.63) is 52.5 Å². The van der Waals surface area contributed by atoms with Crippen LogP contribution in [-0.4, -0.2) is 37.3 Å². The summed E-state index contributed by atoms with van der Waals surface area (Å²) >= 11 is 8.58. The molecule has 0 aliphatic heterocycles. The molecular formula is C19H20BrN3O4S. The van der Waals surface area contributed by atoms with Crippen molar-refractivity contribution in [3.63, 3.8) is 0 Å². The van der Waals surface area contributed by atoms with Gasteiger partial charge in [-0.3, -0.25) is 14.9 Å². The molecule has 2 rings (SSSR count). The smallest absolute Gasteiger partial charge is 0.257 e. The molecule has 0 heterocycles. The Bertz CT molecular complexity index is 876. The summed E-state index contributed by atoms with van der Waals surface area (Å²) in [6.07, 6.45) is 0. The molecule has 28 heavy (non-hydrogen) atoms. The molecule has 148 valence electrons. The topological polar surface area (TPSA) is 88.7 Å². The molecule has 0 fully saturated rings. The molecule has 0 spiro atoms. The Morgan fingerprint density at radius 2 is 1.79 bits per heavy atom. The van der Waals surface area contributed by atoms with Crippen LogP contribution in [0.4, 0.5) is 11.4 Å². The van der Waals surface area contributed by atoms with Crippen LogP contribution in [0.15, 0.2) is 46.9 Å². The van der Waals surface area contributed by atoms with Gasteiger partial charge < -0.3 is 20.1 Å². The summed E-state index contributed by atoms with van der Waals surface area (Å²) in [5, 5.41) is 8.35. The number of anilines is 2. The second-order valence-electron chi connectivity index (χ2n) is 5.66. The fourth-order valence-corrected chi connectivity index (χ4v) is 2.91. The summed E-state index contributed by atoms with van der Waals surface area (Å²) < 4.78 is 11.1. The number of nitrogens with one attached hydrogen (secondary N) is 3. The van der Waals surface area contributed by atoms with Crippen LogP contribution in [0, 0.1) is 0 Å². The zero-order valence-electron chi connectivity index (χ0n) is 15.4. The van der Waals surface area contributed by atoms with E-state index in [2.05, 4.69) is 31.9 Å². The van der Waals surface area contributed by atoms with Gasteiger partial charge in [0.15, 0.2) is 5.11 Å². The number of rotatable bonds is 7. The largest absolute Gasteiger partial charge is 0.490 e. The van der Waals surface area contributed by atoms with Crippen LogP contribution in [0.25, 0.3) is 0 Å². The van der Waals surface area contributed by atoms with E-state index in [0.29, 0.717) is 40.4 Å². The first-order valence-electron chi connectivity index (χ1n) is 8.30. The van der Waals surface area contributed by atoms with Gasteiger partial charge in [0.05, 0.1) is 11.1 Å². The lowest BCUT2D eigenvalue weighted by Crippen LogP contribution is -2.34. The first-order chi connectivity index (χ1) is 13.4. The van der Waals surface area contributed by atoms with Crippen molar-refractivity contribution in [1.29, 1.82) is 0 Å². The number of carbonyl (C=O) groups is 2. The molecule has 0 atom stereocenters. The molecule has 2 aromatic rings. The summed E-state index contributed by atoms with van der Waals surface area (Å²) in [5.74, 6) is 0.0806. The van der Waals surface area contributed by atoms with Crippen molar-refractivity contribution in [1.82, 2.24) is 5.32 Å². The van der Waals surface area contributed by atoms with Gasteiger partial charge >= 0.3 is 0 Å². The standard InChI is InChI=1S/C19H20BrN3O4S/c1-12(24)21-14-4-3-5-15(11-14)22-19(28)23-18(25)13-6-7-17(16(20)10-13)27-9-8-26-2/h3-7,10-11H,8-9H2,1-2H3,(H,21,24)(H2,22,23,25,28). The van der Waals surface area contributed by atoms with E-state index in [-0.39, 0.29) is 16.9 Å². The Labute approximate surface area is 176 Å². The van der Waals surface area contributed by atoms with Gasteiger partial charge in [-0.1, -0.05) is 6.07 Å². The highest BCUT2D eigenvalue weighted by Crippen LogP contribution is 2.26. The van der Waals surface area contributed by atoms with Crippen LogP contribution >= 0.6 is 28.1 Å². The highest BCUT2D eigenvalue weighted by Gasteiger charge is 2.11. The van der Waals surface area contributed by atoms with E-state index >= 15 is 0 Å². The zero-order chi connectivity index (χ0) is 20.5. The van der Waals surface area contributed by atoms with Crippen molar-refractivity contribution in [2.24, 2.45) is 0 Å². The Balaban J connectivity index is 1.96. The summed E-state index contributed by atoms with van der Waals surface area (Å²) in [5.41, 5.74) is 1.68. The maximum atomic E-state index is 12.4. The van der Waals surface area contributed by atoms with Crippen molar-refractivity contribution >= 4 is 56.4 Å². The van der Waals surface area contributed by atoms with Gasteiger partial charge in [0.2, 0.25) is 5.91 Å². The SMILES string of the molecule is COCCOc1ccc(C(=O)NC(=S)Nc2cccc(NC(C)=O)c2)cc1Br. The molecule has 3 N–H and O–H groups in total. The quantitative estimate of drug-likeness (QED) is 0.427. The van der Waals surface area contributed by atoms with Gasteiger partial charge in [0.25, 0.3) is 5.91 Å². The Kier molecular flexibility index (Phi) is 8.37. The monoisotopic (exact) mass is 465 g/mol. The molecule has 2 amide bonds. The van der Waals surface area contributed by atoms with Crippen LogP contribution in [-0.2, 0) is 9.53 Å². The lowest BCUT2D eigenvalue weighted by molar-refractivity contribution is -0.114. The fraction of sp³-hybridized carbons (Fsp3) is 0.211. The summed E-state index contributed by atoms with van der Waals surface area (Å²) in [7, 11) is 1.60. The Hall–Kier alpha value is -2.49. The molecule has 7 nitrogen and oxygen atoms in total. The normalized spacial score (nSPS) is 10.1. The van der Waals surface area contributed by atoms with Gasteiger partial charge in [-0.25, -0.2) is 0 Å². The van der Waals surface area contributed by atoms with E-state index in [1.165, 1.54) is 6.92 Å². The minimum atomic E-state index is -0.361. The van der Waals surface area contributed by atoms with Gasteiger partial charge in [-0.2, -0.15) is 0 Å². The summed E-state index contributed by atoms with van der Waals surface area (Å²) in [6, 6.07) is 12.0. The molecule has 9 heteroatoms.